The number of carboxylic acid groups (broad SMARTS) is 1. The maximum atomic E-state index is 11.2. The minimum absolute atomic E-state index is 0.160. The number of rotatable bonds is 2. The van der Waals surface area contributed by atoms with Crippen molar-refractivity contribution in [2.45, 2.75) is 24.8 Å². The van der Waals surface area contributed by atoms with Gasteiger partial charge in [0.05, 0.1) is 6.61 Å². The first-order valence-corrected chi connectivity index (χ1v) is 4.82. The van der Waals surface area contributed by atoms with Gasteiger partial charge >= 0.3 is 5.97 Å². The first-order chi connectivity index (χ1) is 6.26. The zero-order valence-corrected chi connectivity index (χ0v) is 7.58. The number of carbonyl (C=O) groups is 1. The largest absolute Gasteiger partial charge is 0.480 e. The molecule has 0 aromatic heterocycles. The van der Waals surface area contributed by atoms with Gasteiger partial charge in [0, 0.05) is 12.5 Å². The highest BCUT2D eigenvalue weighted by atomic mass is 16.5. The van der Waals surface area contributed by atoms with Crippen molar-refractivity contribution in [1.82, 2.24) is 5.32 Å². The van der Waals surface area contributed by atoms with E-state index in [-0.39, 0.29) is 5.92 Å². The second kappa shape index (κ2) is 3.27. The van der Waals surface area contributed by atoms with Crippen molar-refractivity contribution in [3.63, 3.8) is 0 Å². The second-order valence-electron chi connectivity index (χ2n) is 3.87. The molecule has 2 unspecified atom stereocenters. The molecule has 4 nitrogen and oxygen atoms in total. The SMILES string of the molecule is O=C(O)C1(C2CCOC2)CCCN1. The van der Waals surface area contributed by atoms with Crippen LogP contribution in [0, 0.1) is 5.92 Å². The Morgan fingerprint density at radius 2 is 2.46 bits per heavy atom. The summed E-state index contributed by atoms with van der Waals surface area (Å²) in [5, 5.41) is 12.3. The average Bonchev–Trinajstić information content (AvgIpc) is 2.75. The molecule has 0 aromatic rings. The Morgan fingerprint density at radius 1 is 1.62 bits per heavy atom. The molecule has 2 fully saturated rings. The van der Waals surface area contributed by atoms with Gasteiger partial charge in [-0.25, -0.2) is 0 Å². The molecule has 0 spiro atoms. The molecule has 0 radical (unpaired) electrons. The monoisotopic (exact) mass is 185 g/mol. The first-order valence-electron chi connectivity index (χ1n) is 4.82. The summed E-state index contributed by atoms with van der Waals surface area (Å²) in [6.45, 7) is 2.13. The molecule has 2 aliphatic heterocycles. The maximum absolute atomic E-state index is 11.2. The zero-order valence-electron chi connectivity index (χ0n) is 7.58. The van der Waals surface area contributed by atoms with Crippen LogP contribution in [0.5, 0.6) is 0 Å². The first kappa shape index (κ1) is 8.97. The fourth-order valence-corrected chi connectivity index (χ4v) is 2.40. The fourth-order valence-electron chi connectivity index (χ4n) is 2.40. The van der Waals surface area contributed by atoms with Crippen LogP contribution in [0.3, 0.4) is 0 Å². The maximum Gasteiger partial charge on any atom is 0.324 e. The number of aliphatic carboxylic acids is 1. The lowest BCUT2D eigenvalue weighted by molar-refractivity contribution is -0.146. The van der Waals surface area contributed by atoms with Gasteiger partial charge in [-0.05, 0) is 25.8 Å². The molecular formula is C9H15NO3. The van der Waals surface area contributed by atoms with Gasteiger partial charge in [0.1, 0.15) is 5.54 Å². The van der Waals surface area contributed by atoms with Crippen molar-refractivity contribution in [3.8, 4) is 0 Å². The topological polar surface area (TPSA) is 58.6 Å². The van der Waals surface area contributed by atoms with E-state index in [1.807, 2.05) is 0 Å². The predicted molar refractivity (Wildman–Crippen MR) is 46.5 cm³/mol. The van der Waals surface area contributed by atoms with Gasteiger partial charge in [-0.1, -0.05) is 0 Å². The molecular weight excluding hydrogens is 170 g/mol. The van der Waals surface area contributed by atoms with Crippen LogP contribution in [0.2, 0.25) is 0 Å². The molecule has 0 aliphatic carbocycles. The van der Waals surface area contributed by atoms with E-state index in [1.54, 1.807) is 0 Å². The summed E-state index contributed by atoms with van der Waals surface area (Å²) in [5.41, 5.74) is -0.684. The number of nitrogens with one attached hydrogen (secondary N) is 1. The van der Waals surface area contributed by atoms with Crippen LogP contribution < -0.4 is 5.32 Å². The summed E-state index contributed by atoms with van der Waals surface area (Å²) >= 11 is 0. The zero-order chi connectivity index (χ0) is 9.31. The van der Waals surface area contributed by atoms with Gasteiger partial charge < -0.3 is 15.2 Å². The molecule has 0 saturated carbocycles. The summed E-state index contributed by atoms with van der Waals surface area (Å²) in [6.07, 6.45) is 2.58. The number of hydrogen-bond donors (Lipinski definition) is 2. The summed E-state index contributed by atoms with van der Waals surface area (Å²) in [7, 11) is 0. The van der Waals surface area contributed by atoms with Crippen molar-refractivity contribution < 1.29 is 14.6 Å². The Hall–Kier alpha value is -0.610. The van der Waals surface area contributed by atoms with Gasteiger partial charge in [0.25, 0.3) is 0 Å². The second-order valence-corrected chi connectivity index (χ2v) is 3.87. The van der Waals surface area contributed by atoms with Crippen molar-refractivity contribution >= 4 is 5.97 Å². The fraction of sp³-hybridized carbons (Fsp3) is 0.889. The van der Waals surface area contributed by atoms with E-state index in [0.29, 0.717) is 13.2 Å². The molecule has 13 heavy (non-hydrogen) atoms. The lowest BCUT2D eigenvalue weighted by Gasteiger charge is -2.29. The molecule has 2 rings (SSSR count). The van der Waals surface area contributed by atoms with Gasteiger partial charge in [-0.3, -0.25) is 4.79 Å². The van der Waals surface area contributed by atoms with Crippen molar-refractivity contribution in [1.29, 1.82) is 0 Å². The van der Waals surface area contributed by atoms with Crippen LogP contribution in [0.4, 0.5) is 0 Å². The highest BCUT2D eigenvalue weighted by molar-refractivity contribution is 5.79. The Bertz CT molecular complexity index is 205. The number of ether oxygens (including phenoxy) is 1. The third-order valence-corrected chi connectivity index (χ3v) is 3.20. The van der Waals surface area contributed by atoms with E-state index >= 15 is 0 Å². The van der Waals surface area contributed by atoms with E-state index in [2.05, 4.69) is 5.32 Å². The van der Waals surface area contributed by atoms with Crippen molar-refractivity contribution in [2.75, 3.05) is 19.8 Å². The minimum atomic E-state index is -0.708. The van der Waals surface area contributed by atoms with Gasteiger partial charge in [-0.2, -0.15) is 0 Å². The molecule has 2 saturated heterocycles. The van der Waals surface area contributed by atoms with E-state index in [1.165, 1.54) is 0 Å². The van der Waals surface area contributed by atoms with E-state index in [4.69, 9.17) is 4.74 Å². The Morgan fingerprint density at radius 3 is 2.92 bits per heavy atom. The Balaban J connectivity index is 2.16. The van der Waals surface area contributed by atoms with Gasteiger partial charge in [0.2, 0.25) is 0 Å². The molecule has 2 N–H and O–H groups in total. The van der Waals surface area contributed by atoms with Gasteiger partial charge in [-0.15, -0.1) is 0 Å². The standard InChI is InChI=1S/C9H15NO3/c11-8(12)9(3-1-4-10-9)7-2-5-13-6-7/h7,10H,1-6H2,(H,11,12). The minimum Gasteiger partial charge on any atom is -0.480 e. The van der Waals surface area contributed by atoms with E-state index in [9.17, 15) is 9.90 Å². The van der Waals surface area contributed by atoms with Gasteiger partial charge in [0.15, 0.2) is 0 Å². The lowest BCUT2D eigenvalue weighted by atomic mass is 9.82. The average molecular weight is 185 g/mol. The van der Waals surface area contributed by atoms with Crippen LogP contribution in [0.1, 0.15) is 19.3 Å². The molecule has 2 atom stereocenters. The Labute approximate surface area is 77.3 Å². The van der Waals surface area contributed by atoms with Crippen molar-refractivity contribution in [3.05, 3.63) is 0 Å². The van der Waals surface area contributed by atoms with Crippen LogP contribution in [-0.2, 0) is 9.53 Å². The third-order valence-electron chi connectivity index (χ3n) is 3.20. The predicted octanol–water partition coefficient (Wildman–Crippen LogP) is 0.230. The number of hydrogen-bond acceptors (Lipinski definition) is 3. The summed E-state index contributed by atoms with van der Waals surface area (Å²) in [4.78, 5) is 11.2. The van der Waals surface area contributed by atoms with Crippen LogP contribution >= 0.6 is 0 Å². The van der Waals surface area contributed by atoms with Crippen LogP contribution in [0.15, 0.2) is 0 Å². The van der Waals surface area contributed by atoms with Crippen LogP contribution in [-0.4, -0.2) is 36.4 Å². The van der Waals surface area contributed by atoms with E-state index in [0.717, 1.165) is 25.8 Å². The number of carboxylic acids is 1. The summed E-state index contributed by atoms with van der Waals surface area (Å²) < 4.78 is 5.24. The normalized spacial score (nSPS) is 39.5. The third kappa shape index (κ3) is 1.34. The lowest BCUT2D eigenvalue weighted by Crippen LogP contribution is -2.53. The summed E-state index contributed by atoms with van der Waals surface area (Å²) in [5.74, 6) is -0.548. The highest BCUT2D eigenvalue weighted by Gasteiger charge is 2.48. The van der Waals surface area contributed by atoms with Crippen molar-refractivity contribution in [2.24, 2.45) is 5.92 Å². The quantitative estimate of drug-likeness (QED) is 0.646. The molecule has 4 heteroatoms. The van der Waals surface area contributed by atoms with E-state index < -0.39 is 11.5 Å². The molecule has 0 aromatic carbocycles. The highest BCUT2D eigenvalue weighted by Crippen LogP contribution is 2.33. The summed E-state index contributed by atoms with van der Waals surface area (Å²) in [6, 6.07) is 0. The molecule has 0 bridgehead atoms. The smallest absolute Gasteiger partial charge is 0.324 e. The molecule has 74 valence electrons. The molecule has 0 amide bonds. The van der Waals surface area contributed by atoms with Crippen LogP contribution in [0.25, 0.3) is 0 Å². The molecule has 2 heterocycles. The molecule has 2 aliphatic rings. The Kier molecular flexibility index (Phi) is 2.26.